The Morgan fingerprint density at radius 3 is 3.00 bits per heavy atom. The number of hydrogen-bond acceptors (Lipinski definition) is 7. The van der Waals surface area contributed by atoms with E-state index >= 15 is 0 Å². The predicted octanol–water partition coefficient (Wildman–Crippen LogP) is -0.520. The van der Waals surface area contributed by atoms with Crippen molar-refractivity contribution < 1.29 is 9.84 Å². The number of benzene rings is 1. The van der Waals surface area contributed by atoms with Crippen LogP contribution in [0.5, 0.6) is 5.75 Å². The maximum Gasteiger partial charge on any atom is 0.272 e. The average molecular weight is 275 g/mol. The van der Waals surface area contributed by atoms with E-state index in [1.807, 2.05) is 0 Å². The maximum absolute atomic E-state index is 11.8. The van der Waals surface area contributed by atoms with Crippen LogP contribution in [0.1, 0.15) is 5.69 Å². The molecule has 0 spiro atoms. The predicted molar refractivity (Wildman–Crippen MR) is 73.8 cm³/mol. The van der Waals surface area contributed by atoms with Crippen LogP contribution in [0.3, 0.4) is 0 Å². The monoisotopic (exact) mass is 275 g/mol. The van der Waals surface area contributed by atoms with Crippen molar-refractivity contribution in [2.24, 2.45) is 5.84 Å². The van der Waals surface area contributed by atoms with Gasteiger partial charge in [0.05, 0.1) is 29.6 Å². The number of hydrogen-bond donors (Lipinski definition) is 5. The summed E-state index contributed by atoms with van der Waals surface area (Å²) in [6.07, 6.45) is 0.520. The summed E-state index contributed by atoms with van der Waals surface area (Å²) in [6.45, 7) is 0. The second kappa shape index (κ2) is 4.60. The largest absolute Gasteiger partial charge is 0.495 e. The van der Waals surface area contributed by atoms with Gasteiger partial charge >= 0.3 is 0 Å². The van der Waals surface area contributed by atoms with Crippen molar-refractivity contribution in [2.75, 3.05) is 12.4 Å². The van der Waals surface area contributed by atoms with Crippen LogP contribution in [0.15, 0.2) is 22.6 Å². The Kier molecular flexibility index (Phi) is 2.90. The number of anilines is 1. The van der Waals surface area contributed by atoms with Gasteiger partial charge in [-0.2, -0.15) is 5.10 Å². The first-order chi connectivity index (χ1) is 9.65. The standard InChI is InChI=1S/C12H13N5O3/c1-20-8-3-2-5-9-6(16-17-11(5)18)4-7(12(19)15-13)14-10(8)9/h2-4,12,14-15,19H,13H2,1H3,(H,17,18). The molecule has 20 heavy (non-hydrogen) atoms. The van der Waals surface area contributed by atoms with Gasteiger partial charge < -0.3 is 15.2 Å². The van der Waals surface area contributed by atoms with Gasteiger partial charge in [0.2, 0.25) is 0 Å². The molecule has 0 bridgehead atoms. The third-order valence-electron chi connectivity index (χ3n) is 3.18. The fourth-order valence-corrected chi connectivity index (χ4v) is 2.23. The molecule has 3 rings (SSSR count). The zero-order valence-electron chi connectivity index (χ0n) is 10.6. The van der Waals surface area contributed by atoms with Crippen LogP contribution >= 0.6 is 0 Å². The van der Waals surface area contributed by atoms with Crippen molar-refractivity contribution in [1.82, 2.24) is 15.6 Å². The summed E-state index contributed by atoms with van der Waals surface area (Å²) in [4.78, 5) is 11.8. The number of aliphatic hydroxyl groups is 1. The molecule has 1 aromatic heterocycles. The molecule has 1 aliphatic heterocycles. The van der Waals surface area contributed by atoms with Crippen molar-refractivity contribution in [2.45, 2.75) is 6.23 Å². The second-order valence-corrected chi connectivity index (χ2v) is 4.30. The highest BCUT2D eigenvalue weighted by molar-refractivity contribution is 6.04. The first-order valence-electron chi connectivity index (χ1n) is 5.88. The summed E-state index contributed by atoms with van der Waals surface area (Å²) >= 11 is 0. The van der Waals surface area contributed by atoms with Crippen LogP contribution < -0.4 is 26.9 Å². The van der Waals surface area contributed by atoms with E-state index in [0.29, 0.717) is 33.6 Å². The molecule has 2 aromatic rings. The summed E-state index contributed by atoms with van der Waals surface area (Å²) in [6, 6.07) is 3.34. The van der Waals surface area contributed by atoms with E-state index in [2.05, 4.69) is 20.9 Å². The lowest BCUT2D eigenvalue weighted by Gasteiger charge is -2.23. The van der Waals surface area contributed by atoms with Crippen molar-refractivity contribution >= 4 is 22.5 Å². The quantitative estimate of drug-likeness (QED) is 0.290. The molecule has 0 aliphatic carbocycles. The number of aromatic amines is 1. The van der Waals surface area contributed by atoms with Crippen LogP contribution in [0.4, 0.5) is 5.69 Å². The first kappa shape index (κ1) is 12.6. The van der Waals surface area contributed by atoms with Gasteiger partial charge in [-0.25, -0.2) is 10.5 Å². The highest BCUT2D eigenvalue weighted by atomic mass is 16.5. The molecule has 1 aromatic carbocycles. The van der Waals surface area contributed by atoms with Crippen molar-refractivity contribution in [3.63, 3.8) is 0 Å². The van der Waals surface area contributed by atoms with Gasteiger partial charge in [0.15, 0.2) is 6.23 Å². The fraction of sp³-hybridized carbons (Fsp3) is 0.167. The molecule has 8 nitrogen and oxygen atoms in total. The minimum Gasteiger partial charge on any atom is -0.495 e. The Morgan fingerprint density at radius 2 is 2.30 bits per heavy atom. The number of ether oxygens (including phenoxy) is 1. The molecule has 8 heteroatoms. The molecular weight excluding hydrogens is 262 g/mol. The minimum absolute atomic E-state index is 0.288. The van der Waals surface area contributed by atoms with E-state index in [1.165, 1.54) is 7.11 Å². The van der Waals surface area contributed by atoms with E-state index in [0.717, 1.165) is 0 Å². The van der Waals surface area contributed by atoms with Gasteiger partial charge in [0, 0.05) is 5.39 Å². The summed E-state index contributed by atoms with van der Waals surface area (Å²) in [7, 11) is 1.52. The molecule has 0 fully saturated rings. The van der Waals surface area contributed by atoms with Gasteiger partial charge in [-0.15, -0.1) is 0 Å². The van der Waals surface area contributed by atoms with Gasteiger partial charge in [0.1, 0.15) is 5.75 Å². The maximum atomic E-state index is 11.8. The van der Waals surface area contributed by atoms with Gasteiger partial charge in [-0.1, -0.05) is 0 Å². The lowest BCUT2D eigenvalue weighted by molar-refractivity contribution is 0.176. The van der Waals surface area contributed by atoms with Gasteiger partial charge in [-0.3, -0.25) is 10.6 Å². The zero-order chi connectivity index (χ0) is 14.3. The number of rotatable bonds is 3. The molecule has 2 heterocycles. The number of nitrogens with two attached hydrogens (primary N) is 1. The zero-order valence-corrected chi connectivity index (χ0v) is 10.6. The van der Waals surface area contributed by atoms with E-state index in [4.69, 9.17) is 10.6 Å². The molecule has 0 radical (unpaired) electrons. The smallest absolute Gasteiger partial charge is 0.272 e. The van der Waals surface area contributed by atoms with E-state index in [9.17, 15) is 9.90 Å². The topological polar surface area (TPSA) is 125 Å². The minimum atomic E-state index is -1.09. The van der Waals surface area contributed by atoms with E-state index in [1.54, 1.807) is 18.2 Å². The van der Waals surface area contributed by atoms with Gasteiger partial charge in [-0.05, 0) is 18.2 Å². The van der Waals surface area contributed by atoms with Crippen LogP contribution in [0.2, 0.25) is 0 Å². The lowest BCUT2D eigenvalue weighted by Crippen LogP contribution is -2.39. The van der Waals surface area contributed by atoms with Crippen molar-refractivity contribution in [3.05, 3.63) is 33.9 Å². The molecule has 1 aliphatic rings. The summed E-state index contributed by atoms with van der Waals surface area (Å²) in [5.41, 5.74) is 3.45. The Bertz CT molecular complexity index is 768. The average Bonchev–Trinajstić information content (AvgIpc) is 2.49. The van der Waals surface area contributed by atoms with Crippen LogP contribution in [-0.2, 0) is 0 Å². The van der Waals surface area contributed by atoms with Crippen molar-refractivity contribution in [1.29, 1.82) is 0 Å². The highest BCUT2D eigenvalue weighted by Gasteiger charge is 2.22. The number of hydrazine groups is 1. The number of H-pyrrole nitrogens is 1. The molecule has 0 amide bonds. The molecular formula is C12H13N5O3. The number of aliphatic hydroxyl groups excluding tert-OH is 1. The van der Waals surface area contributed by atoms with Gasteiger partial charge in [0.25, 0.3) is 5.56 Å². The number of nitrogens with zero attached hydrogens (tertiary/aromatic N) is 1. The summed E-state index contributed by atoms with van der Waals surface area (Å²) in [5, 5.41) is 20.3. The normalized spacial score (nSPS) is 14.7. The molecule has 0 saturated carbocycles. The SMILES string of the molecule is COc1ccc2c(=O)[nH]nc3c2c1NC(C(O)NN)=C3. The number of nitrogens with one attached hydrogen (secondary N) is 3. The molecule has 6 N–H and O–H groups in total. The van der Waals surface area contributed by atoms with Crippen LogP contribution in [-0.4, -0.2) is 28.6 Å². The molecule has 104 valence electrons. The summed E-state index contributed by atoms with van der Waals surface area (Å²) in [5.74, 6) is 5.77. The van der Waals surface area contributed by atoms with E-state index < -0.39 is 6.23 Å². The lowest BCUT2D eigenvalue weighted by atomic mass is 10.0. The molecule has 1 atom stereocenters. The number of methoxy groups -OCH3 is 1. The van der Waals surface area contributed by atoms with E-state index in [-0.39, 0.29) is 5.56 Å². The highest BCUT2D eigenvalue weighted by Crippen LogP contribution is 2.37. The Hall–Kier alpha value is -2.42. The van der Waals surface area contributed by atoms with Crippen LogP contribution in [0.25, 0.3) is 16.8 Å². The Morgan fingerprint density at radius 1 is 1.50 bits per heavy atom. The number of aromatic nitrogens is 2. The third-order valence-corrected chi connectivity index (χ3v) is 3.18. The third kappa shape index (κ3) is 1.74. The molecule has 1 unspecified atom stereocenters. The Balaban J connectivity index is 2.33. The fourth-order valence-electron chi connectivity index (χ4n) is 2.23. The van der Waals surface area contributed by atoms with Crippen molar-refractivity contribution in [3.8, 4) is 5.75 Å². The summed E-state index contributed by atoms with van der Waals surface area (Å²) < 4.78 is 5.27. The first-order valence-corrected chi connectivity index (χ1v) is 5.88. The van der Waals surface area contributed by atoms with Crippen LogP contribution in [0, 0.1) is 0 Å². The molecule has 0 saturated heterocycles. The Labute approximate surface area is 113 Å². The second-order valence-electron chi connectivity index (χ2n) is 4.30.